The minimum atomic E-state index is -4.31. The van der Waals surface area contributed by atoms with E-state index in [9.17, 15) is 13.2 Å². The number of hydrogen-bond acceptors (Lipinski definition) is 5. The molecule has 23 heavy (non-hydrogen) atoms. The molecule has 1 aromatic rings. The highest BCUT2D eigenvalue weighted by atomic mass is 32.1. The third kappa shape index (κ3) is 4.58. The third-order valence-corrected chi connectivity index (χ3v) is 5.71. The van der Waals surface area contributed by atoms with Gasteiger partial charge in [-0.1, -0.05) is 11.3 Å². The maximum absolute atomic E-state index is 12.2. The van der Waals surface area contributed by atoms with Gasteiger partial charge in [0, 0.05) is 24.0 Å². The van der Waals surface area contributed by atoms with Gasteiger partial charge in [-0.15, -0.1) is 0 Å². The second-order valence-corrected chi connectivity index (χ2v) is 7.44. The fourth-order valence-corrected chi connectivity index (χ4v) is 4.10. The highest BCUT2D eigenvalue weighted by Gasteiger charge is 2.31. The predicted molar refractivity (Wildman–Crippen MR) is 82.8 cm³/mol. The standard InChI is InChI=1S/C15H22F3N3OS/c1-19-11-6-10(7-11)2-4-21-5-3-13-12(8-21)20-14(23-13)22-9-15(16,17)18/h10-11,19H,2-9H2,1H3. The topological polar surface area (TPSA) is 37.4 Å². The molecule has 0 saturated heterocycles. The molecule has 0 atom stereocenters. The molecule has 1 aliphatic carbocycles. The molecule has 8 heteroatoms. The monoisotopic (exact) mass is 349 g/mol. The first-order valence-electron chi connectivity index (χ1n) is 8.00. The van der Waals surface area contributed by atoms with Crippen molar-refractivity contribution in [2.75, 3.05) is 26.7 Å². The number of rotatable bonds is 6. The van der Waals surface area contributed by atoms with Gasteiger partial charge in [-0.25, -0.2) is 4.98 Å². The summed E-state index contributed by atoms with van der Waals surface area (Å²) in [6, 6.07) is 0.680. The van der Waals surface area contributed by atoms with Crippen LogP contribution in [0.2, 0.25) is 0 Å². The van der Waals surface area contributed by atoms with Gasteiger partial charge in [0.2, 0.25) is 0 Å². The smallest absolute Gasteiger partial charge is 0.422 e. The van der Waals surface area contributed by atoms with Gasteiger partial charge in [0.25, 0.3) is 5.19 Å². The molecule has 4 nitrogen and oxygen atoms in total. The molecule has 0 unspecified atom stereocenters. The number of thiazole rings is 1. The summed E-state index contributed by atoms with van der Waals surface area (Å²) in [5.74, 6) is 0.801. The van der Waals surface area contributed by atoms with Crippen molar-refractivity contribution in [3.63, 3.8) is 0 Å². The Morgan fingerprint density at radius 1 is 1.39 bits per heavy atom. The summed E-state index contributed by atoms with van der Waals surface area (Å²) in [5, 5.41) is 3.43. The van der Waals surface area contributed by atoms with E-state index in [0.717, 1.165) is 42.5 Å². The molecule has 2 heterocycles. The molecular weight excluding hydrogens is 327 g/mol. The Kier molecular flexibility index (Phi) is 5.13. The average Bonchev–Trinajstić information content (AvgIpc) is 2.85. The first-order valence-corrected chi connectivity index (χ1v) is 8.82. The van der Waals surface area contributed by atoms with Crippen LogP contribution in [-0.4, -0.2) is 48.8 Å². The second kappa shape index (κ2) is 6.94. The molecule has 1 fully saturated rings. The van der Waals surface area contributed by atoms with Crippen LogP contribution >= 0.6 is 11.3 Å². The van der Waals surface area contributed by atoms with Crippen LogP contribution in [-0.2, 0) is 13.0 Å². The molecule has 0 aromatic carbocycles. The third-order valence-electron chi connectivity index (χ3n) is 4.64. The molecule has 1 aliphatic heterocycles. The first-order chi connectivity index (χ1) is 10.9. The Labute approximate surface area is 138 Å². The average molecular weight is 349 g/mol. The van der Waals surface area contributed by atoms with Gasteiger partial charge in [0.1, 0.15) is 0 Å². The number of alkyl halides is 3. The second-order valence-electron chi connectivity index (χ2n) is 6.39. The molecular formula is C15H22F3N3OS. The van der Waals surface area contributed by atoms with Crippen molar-refractivity contribution in [3.05, 3.63) is 10.6 Å². The van der Waals surface area contributed by atoms with Crippen molar-refractivity contribution in [1.82, 2.24) is 15.2 Å². The molecule has 0 amide bonds. The molecule has 1 saturated carbocycles. The van der Waals surface area contributed by atoms with E-state index in [1.807, 2.05) is 7.05 Å². The maximum Gasteiger partial charge on any atom is 0.422 e. The molecule has 0 spiro atoms. The Bertz CT molecular complexity index is 529. The fraction of sp³-hybridized carbons (Fsp3) is 0.800. The van der Waals surface area contributed by atoms with Crippen molar-refractivity contribution in [3.8, 4) is 5.19 Å². The summed E-state index contributed by atoms with van der Waals surface area (Å²) >= 11 is 1.25. The molecule has 2 aliphatic rings. The highest BCUT2D eigenvalue weighted by Crippen LogP contribution is 2.33. The van der Waals surface area contributed by atoms with Crippen LogP contribution < -0.4 is 10.1 Å². The van der Waals surface area contributed by atoms with Gasteiger partial charge >= 0.3 is 6.18 Å². The molecule has 0 radical (unpaired) electrons. The van der Waals surface area contributed by atoms with E-state index in [2.05, 4.69) is 15.2 Å². The van der Waals surface area contributed by atoms with E-state index in [-0.39, 0.29) is 5.19 Å². The van der Waals surface area contributed by atoms with Gasteiger partial charge in [-0.05, 0) is 45.2 Å². The number of nitrogens with one attached hydrogen (secondary N) is 1. The summed E-state index contributed by atoms with van der Waals surface area (Å²) in [6.45, 7) is 1.45. The van der Waals surface area contributed by atoms with Crippen LogP contribution in [0.25, 0.3) is 0 Å². The van der Waals surface area contributed by atoms with Crippen LogP contribution in [0, 0.1) is 5.92 Å². The molecule has 1 aromatic heterocycles. The fourth-order valence-electron chi connectivity index (χ4n) is 3.20. The lowest BCUT2D eigenvalue weighted by molar-refractivity contribution is -0.153. The lowest BCUT2D eigenvalue weighted by Crippen LogP contribution is -2.41. The van der Waals surface area contributed by atoms with E-state index < -0.39 is 12.8 Å². The maximum atomic E-state index is 12.2. The number of fused-ring (bicyclic) bond motifs is 1. The van der Waals surface area contributed by atoms with Gasteiger partial charge < -0.3 is 10.1 Å². The zero-order valence-corrected chi connectivity index (χ0v) is 14.0. The summed E-state index contributed by atoms with van der Waals surface area (Å²) in [7, 11) is 2.01. The normalized spacial score (nSPS) is 25.0. The SMILES string of the molecule is CNC1CC(CCN2CCc3sc(OCC(F)(F)F)nc3C2)C1. The van der Waals surface area contributed by atoms with Crippen molar-refractivity contribution in [2.24, 2.45) is 5.92 Å². The van der Waals surface area contributed by atoms with E-state index in [1.54, 1.807) is 0 Å². The van der Waals surface area contributed by atoms with Crippen LogP contribution in [0.1, 0.15) is 29.8 Å². The predicted octanol–water partition coefficient (Wildman–Crippen LogP) is 2.83. The molecule has 1 N–H and O–H groups in total. The summed E-state index contributed by atoms with van der Waals surface area (Å²) in [6.07, 6.45) is 0.233. The van der Waals surface area contributed by atoms with Crippen molar-refractivity contribution < 1.29 is 17.9 Å². The largest absolute Gasteiger partial charge is 0.460 e. The summed E-state index contributed by atoms with van der Waals surface area (Å²) < 4.78 is 41.3. The lowest BCUT2D eigenvalue weighted by Gasteiger charge is -2.37. The van der Waals surface area contributed by atoms with Crippen LogP contribution in [0.4, 0.5) is 13.2 Å². The van der Waals surface area contributed by atoms with E-state index in [4.69, 9.17) is 4.74 Å². The Balaban J connectivity index is 1.45. The Morgan fingerprint density at radius 3 is 2.87 bits per heavy atom. The van der Waals surface area contributed by atoms with Crippen molar-refractivity contribution in [2.45, 2.75) is 44.4 Å². The number of nitrogens with zero attached hydrogens (tertiary/aromatic N) is 2. The highest BCUT2D eigenvalue weighted by molar-refractivity contribution is 7.13. The van der Waals surface area contributed by atoms with Gasteiger partial charge in [0.05, 0.1) is 5.69 Å². The lowest BCUT2D eigenvalue weighted by atomic mass is 9.78. The molecule has 3 rings (SSSR count). The number of hydrogen-bond donors (Lipinski definition) is 1. The molecule has 130 valence electrons. The summed E-state index contributed by atoms with van der Waals surface area (Å²) in [4.78, 5) is 7.65. The van der Waals surface area contributed by atoms with Gasteiger partial charge in [-0.2, -0.15) is 13.2 Å². The number of halogens is 3. The number of aromatic nitrogens is 1. The minimum absolute atomic E-state index is 0.144. The quantitative estimate of drug-likeness (QED) is 0.857. The van der Waals surface area contributed by atoms with Crippen LogP contribution in [0.3, 0.4) is 0 Å². The van der Waals surface area contributed by atoms with Crippen LogP contribution in [0.5, 0.6) is 5.19 Å². The van der Waals surface area contributed by atoms with E-state index in [0.29, 0.717) is 6.04 Å². The first kappa shape index (κ1) is 17.0. The van der Waals surface area contributed by atoms with Gasteiger partial charge in [-0.3, -0.25) is 4.90 Å². The van der Waals surface area contributed by atoms with Crippen molar-refractivity contribution in [1.29, 1.82) is 0 Å². The summed E-state index contributed by atoms with van der Waals surface area (Å²) in [5.41, 5.74) is 0.889. The molecule has 0 bridgehead atoms. The minimum Gasteiger partial charge on any atom is -0.460 e. The zero-order valence-electron chi connectivity index (χ0n) is 13.2. The zero-order chi connectivity index (χ0) is 16.4. The Morgan fingerprint density at radius 2 is 2.17 bits per heavy atom. The van der Waals surface area contributed by atoms with Crippen LogP contribution in [0.15, 0.2) is 0 Å². The Hall–Kier alpha value is -0.860. The number of ether oxygens (including phenoxy) is 1. The van der Waals surface area contributed by atoms with E-state index >= 15 is 0 Å². The van der Waals surface area contributed by atoms with Gasteiger partial charge in [0.15, 0.2) is 6.61 Å². The van der Waals surface area contributed by atoms with E-state index in [1.165, 1.54) is 30.6 Å². The van der Waals surface area contributed by atoms with Crippen molar-refractivity contribution >= 4 is 11.3 Å².